The number of ether oxygens (including phenoxy) is 2. The number of aromatic nitrogens is 2. The average molecular weight is 498 g/mol. The minimum absolute atomic E-state index is 0.0201. The van der Waals surface area contributed by atoms with Crippen LogP contribution in [-0.4, -0.2) is 74.7 Å². The molecule has 2 aliphatic heterocycles. The molecule has 2 aliphatic rings. The van der Waals surface area contributed by atoms with Gasteiger partial charge < -0.3 is 19.7 Å². The van der Waals surface area contributed by atoms with Crippen molar-refractivity contribution >= 4 is 22.9 Å². The summed E-state index contributed by atoms with van der Waals surface area (Å²) in [5.41, 5.74) is 4.50. The number of hydrazine groups is 2. The highest BCUT2D eigenvalue weighted by Gasteiger charge is 2.32. The lowest BCUT2D eigenvalue weighted by atomic mass is 10.1. The van der Waals surface area contributed by atoms with Gasteiger partial charge in [0.1, 0.15) is 11.4 Å². The number of amides is 2. The number of nitrogens with one attached hydrogen (secondary N) is 2. The van der Waals surface area contributed by atoms with Gasteiger partial charge in [-0.1, -0.05) is 0 Å². The van der Waals surface area contributed by atoms with Crippen LogP contribution < -0.4 is 15.5 Å². The van der Waals surface area contributed by atoms with Gasteiger partial charge in [-0.2, -0.15) is 10.1 Å². The van der Waals surface area contributed by atoms with Crippen molar-refractivity contribution in [2.75, 3.05) is 26.2 Å². The Morgan fingerprint density at radius 3 is 2.67 bits per heavy atom. The van der Waals surface area contributed by atoms with Crippen molar-refractivity contribution in [1.29, 1.82) is 0 Å². The summed E-state index contributed by atoms with van der Waals surface area (Å²) in [5.74, 6) is 0.225. The summed E-state index contributed by atoms with van der Waals surface area (Å²) >= 11 is 0. The Hall–Kier alpha value is -3.73. The van der Waals surface area contributed by atoms with E-state index in [1.165, 1.54) is 0 Å². The summed E-state index contributed by atoms with van der Waals surface area (Å²) in [5, 5.41) is 12.1. The first-order valence-electron chi connectivity index (χ1n) is 12.1. The summed E-state index contributed by atoms with van der Waals surface area (Å²) in [7, 11) is 1.84. The Morgan fingerprint density at radius 2 is 2.03 bits per heavy atom. The van der Waals surface area contributed by atoms with Gasteiger partial charge in [0.2, 0.25) is 0 Å². The molecule has 4 rings (SSSR count). The fourth-order valence-electron chi connectivity index (χ4n) is 4.18. The number of hydrogen-bond acceptors (Lipinski definition) is 8. The molecule has 0 unspecified atom stereocenters. The molecule has 1 aromatic heterocycles. The van der Waals surface area contributed by atoms with Gasteiger partial charge in [0.05, 0.1) is 23.4 Å². The Balaban J connectivity index is 1.36. The number of rotatable bonds is 5. The molecule has 11 nitrogen and oxygen atoms in total. The van der Waals surface area contributed by atoms with Gasteiger partial charge in [0, 0.05) is 62.8 Å². The van der Waals surface area contributed by atoms with Crippen LogP contribution in [0.25, 0.3) is 10.9 Å². The van der Waals surface area contributed by atoms with Crippen LogP contribution in [0.3, 0.4) is 0 Å². The molecule has 2 amide bonds. The SMILES string of the molecule is CCOc1cc2nn(C)cc2cc1C(=O)NC1=CNN(N2CCN(C(=O)OC(C)(C)C)[C@@H](C)C2)C=C1. The van der Waals surface area contributed by atoms with Crippen LogP contribution in [0.5, 0.6) is 5.75 Å². The summed E-state index contributed by atoms with van der Waals surface area (Å²) in [6.45, 7) is 11.7. The number of nitrogens with zero attached hydrogens (tertiary/aromatic N) is 5. The molecule has 36 heavy (non-hydrogen) atoms. The summed E-state index contributed by atoms with van der Waals surface area (Å²) in [6.07, 6.45) is 6.97. The zero-order chi connectivity index (χ0) is 26.0. The van der Waals surface area contributed by atoms with Crippen LogP contribution in [0.1, 0.15) is 45.0 Å². The maximum atomic E-state index is 13.1. The number of carbonyl (C=O) groups excluding carboxylic acids is 2. The minimum Gasteiger partial charge on any atom is -0.493 e. The zero-order valence-corrected chi connectivity index (χ0v) is 21.7. The molecule has 0 aliphatic carbocycles. The predicted octanol–water partition coefficient (Wildman–Crippen LogP) is 2.73. The molecule has 2 N–H and O–H groups in total. The van der Waals surface area contributed by atoms with Crippen molar-refractivity contribution in [3.05, 3.63) is 48.1 Å². The lowest BCUT2D eigenvalue weighted by molar-refractivity contribution is -0.0688. The van der Waals surface area contributed by atoms with E-state index in [1.807, 2.05) is 65.3 Å². The molecule has 2 aromatic rings. The van der Waals surface area contributed by atoms with Crippen molar-refractivity contribution in [3.8, 4) is 5.75 Å². The Morgan fingerprint density at radius 1 is 1.25 bits per heavy atom. The second-order valence-corrected chi connectivity index (χ2v) is 9.92. The van der Waals surface area contributed by atoms with E-state index < -0.39 is 5.60 Å². The van der Waals surface area contributed by atoms with Crippen LogP contribution in [0.4, 0.5) is 4.79 Å². The van der Waals surface area contributed by atoms with Gasteiger partial charge in [-0.05, 0) is 46.8 Å². The topological polar surface area (TPSA) is 104 Å². The molecule has 194 valence electrons. The third kappa shape index (κ3) is 5.73. The average Bonchev–Trinajstić information content (AvgIpc) is 3.16. The lowest BCUT2D eigenvalue weighted by Crippen LogP contribution is -2.60. The second kappa shape index (κ2) is 10.1. The molecule has 1 fully saturated rings. The normalized spacial score (nSPS) is 18.6. The smallest absolute Gasteiger partial charge is 0.410 e. The second-order valence-electron chi connectivity index (χ2n) is 9.92. The first-order valence-corrected chi connectivity index (χ1v) is 12.1. The van der Waals surface area contributed by atoms with Crippen molar-refractivity contribution in [3.63, 3.8) is 0 Å². The molecule has 1 aromatic carbocycles. The number of piperazine rings is 1. The molecule has 3 heterocycles. The highest BCUT2D eigenvalue weighted by Crippen LogP contribution is 2.26. The Kier molecular flexibility index (Phi) is 7.11. The van der Waals surface area contributed by atoms with Gasteiger partial charge in [0.15, 0.2) is 0 Å². The Bertz CT molecular complexity index is 1200. The number of hydrogen-bond donors (Lipinski definition) is 2. The van der Waals surface area contributed by atoms with E-state index >= 15 is 0 Å². The van der Waals surface area contributed by atoms with Crippen LogP contribution in [0.2, 0.25) is 0 Å². The highest BCUT2D eigenvalue weighted by molar-refractivity contribution is 6.01. The number of benzene rings is 1. The number of allylic oxidation sites excluding steroid dienone is 1. The molecule has 0 bridgehead atoms. The quantitative estimate of drug-likeness (QED) is 0.650. The first-order chi connectivity index (χ1) is 17.0. The van der Waals surface area contributed by atoms with Crippen molar-refractivity contribution in [2.45, 2.75) is 46.3 Å². The summed E-state index contributed by atoms with van der Waals surface area (Å²) < 4.78 is 12.9. The molecule has 0 saturated carbocycles. The van der Waals surface area contributed by atoms with Crippen molar-refractivity contribution in [2.24, 2.45) is 7.05 Å². The summed E-state index contributed by atoms with van der Waals surface area (Å²) in [4.78, 5) is 27.3. The zero-order valence-electron chi connectivity index (χ0n) is 21.7. The predicted molar refractivity (Wildman–Crippen MR) is 136 cm³/mol. The van der Waals surface area contributed by atoms with Crippen LogP contribution in [0.15, 0.2) is 42.5 Å². The molecule has 0 spiro atoms. The van der Waals surface area contributed by atoms with E-state index in [0.717, 1.165) is 10.9 Å². The van der Waals surface area contributed by atoms with E-state index in [9.17, 15) is 9.59 Å². The third-order valence-corrected chi connectivity index (χ3v) is 5.81. The lowest BCUT2D eigenvalue weighted by Gasteiger charge is -2.44. The van der Waals surface area contributed by atoms with E-state index in [0.29, 0.717) is 43.3 Å². The molecule has 1 saturated heterocycles. The van der Waals surface area contributed by atoms with E-state index in [1.54, 1.807) is 27.9 Å². The molecule has 1 atom stereocenters. The number of fused-ring (bicyclic) bond motifs is 1. The summed E-state index contributed by atoms with van der Waals surface area (Å²) in [6, 6.07) is 3.56. The third-order valence-electron chi connectivity index (χ3n) is 5.81. The van der Waals surface area contributed by atoms with E-state index in [4.69, 9.17) is 9.47 Å². The van der Waals surface area contributed by atoms with Gasteiger partial charge in [-0.3, -0.25) is 14.9 Å². The van der Waals surface area contributed by atoms with Gasteiger partial charge in [-0.25, -0.2) is 9.91 Å². The highest BCUT2D eigenvalue weighted by atomic mass is 16.6. The number of aryl methyl sites for hydroxylation is 1. The van der Waals surface area contributed by atoms with Gasteiger partial charge >= 0.3 is 6.09 Å². The Labute approximate surface area is 211 Å². The first kappa shape index (κ1) is 25.4. The van der Waals surface area contributed by atoms with Gasteiger partial charge in [-0.15, -0.1) is 0 Å². The number of carbonyl (C=O) groups is 2. The monoisotopic (exact) mass is 497 g/mol. The molecular formula is C25H35N7O4. The van der Waals surface area contributed by atoms with Crippen LogP contribution >= 0.6 is 0 Å². The van der Waals surface area contributed by atoms with Crippen molar-refractivity contribution in [1.82, 2.24) is 35.5 Å². The standard InChI is InChI=1S/C25H35N7O4/c1-7-35-22-13-21-18(16-29(6)28-21)12-20(22)23(33)27-19-8-9-32(26-14-19)30-10-11-31(17(2)15-30)24(34)36-25(3,4)5/h8-9,12-14,16-17,26H,7,10-11,15H2,1-6H3,(H,27,33)/t17-/m0/s1. The maximum Gasteiger partial charge on any atom is 0.410 e. The fourth-order valence-corrected chi connectivity index (χ4v) is 4.18. The molecule has 11 heteroatoms. The van der Waals surface area contributed by atoms with E-state index in [2.05, 4.69) is 20.9 Å². The van der Waals surface area contributed by atoms with Crippen LogP contribution in [-0.2, 0) is 11.8 Å². The van der Waals surface area contributed by atoms with E-state index in [-0.39, 0.29) is 18.0 Å². The van der Waals surface area contributed by atoms with Gasteiger partial charge in [0.25, 0.3) is 5.91 Å². The van der Waals surface area contributed by atoms with Crippen molar-refractivity contribution < 1.29 is 19.1 Å². The minimum atomic E-state index is -0.524. The molecular weight excluding hydrogens is 462 g/mol. The largest absolute Gasteiger partial charge is 0.493 e. The maximum absolute atomic E-state index is 13.1. The fraction of sp³-hybridized carbons (Fsp3) is 0.480. The van der Waals surface area contributed by atoms with Crippen LogP contribution in [0, 0.1) is 0 Å². The molecule has 0 radical (unpaired) electrons.